The molecule has 0 fully saturated rings. The van der Waals surface area contributed by atoms with Crippen LogP contribution in [-0.4, -0.2) is 33.7 Å². The third-order valence-corrected chi connectivity index (χ3v) is 4.61. The maximum atomic E-state index is 12.0. The minimum atomic E-state index is -3.50. The second kappa shape index (κ2) is 8.57. The Bertz CT molecular complexity index is 770. The summed E-state index contributed by atoms with van der Waals surface area (Å²) in [7, 11) is -3.50. The van der Waals surface area contributed by atoms with E-state index >= 15 is 0 Å². The summed E-state index contributed by atoms with van der Waals surface area (Å²) in [6.45, 7) is 2.73. The molecule has 25 heavy (non-hydrogen) atoms. The van der Waals surface area contributed by atoms with Gasteiger partial charge in [-0.1, -0.05) is 0 Å². The van der Waals surface area contributed by atoms with Crippen LogP contribution in [0.2, 0.25) is 0 Å². The summed E-state index contributed by atoms with van der Waals surface area (Å²) in [6.07, 6.45) is 2.68. The highest BCUT2D eigenvalue weighted by molar-refractivity contribution is 7.92. The zero-order valence-corrected chi connectivity index (χ0v) is 15.1. The van der Waals surface area contributed by atoms with Gasteiger partial charge in [0.1, 0.15) is 11.5 Å². The van der Waals surface area contributed by atoms with Crippen LogP contribution in [0, 0.1) is 0 Å². The molecule has 1 amide bonds. The largest absolute Gasteiger partial charge is 0.494 e. The minimum absolute atomic E-state index is 0.0426. The highest BCUT2D eigenvalue weighted by Crippen LogP contribution is 2.21. The number of nitrogens with one attached hydrogen (secondary N) is 1. The molecule has 1 N–H and O–H groups in total. The molecule has 0 aliphatic heterocycles. The first-order chi connectivity index (χ1) is 11.9. The van der Waals surface area contributed by atoms with Crippen molar-refractivity contribution < 1.29 is 22.4 Å². The number of ether oxygens (including phenoxy) is 1. The molecular formula is C17H22N2O5S. The number of nitrogens with zero attached hydrogens (tertiary/aromatic N) is 1. The SMILES string of the molecule is CCOc1ccc(N(CCC(=O)NCc2ccco2)S(C)(=O)=O)cc1. The van der Waals surface area contributed by atoms with E-state index in [1.54, 1.807) is 36.4 Å². The molecule has 1 aromatic carbocycles. The number of hydrogen-bond donors (Lipinski definition) is 1. The predicted octanol–water partition coefficient (Wildman–Crippen LogP) is 2.15. The smallest absolute Gasteiger partial charge is 0.232 e. The number of anilines is 1. The number of furan rings is 1. The van der Waals surface area contributed by atoms with E-state index in [1.807, 2.05) is 6.92 Å². The minimum Gasteiger partial charge on any atom is -0.494 e. The number of carbonyl (C=O) groups is 1. The van der Waals surface area contributed by atoms with E-state index < -0.39 is 10.0 Å². The molecule has 0 atom stereocenters. The van der Waals surface area contributed by atoms with Gasteiger partial charge in [0.2, 0.25) is 15.9 Å². The van der Waals surface area contributed by atoms with Crippen molar-refractivity contribution in [2.24, 2.45) is 0 Å². The van der Waals surface area contributed by atoms with E-state index in [0.29, 0.717) is 23.8 Å². The van der Waals surface area contributed by atoms with Crippen molar-refractivity contribution in [1.82, 2.24) is 5.32 Å². The van der Waals surface area contributed by atoms with Gasteiger partial charge in [-0.25, -0.2) is 8.42 Å². The fraction of sp³-hybridized carbons (Fsp3) is 0.353. The first-order valence-corrected chi connectivity index (χ1v) is 9.74. The molecule has 0 unspecified atom stereocenters. The molecule has 0 saturated heterocycles. The van der Waals surface area contributed by atoms with Crippen molar-refractivity contribution in [3.63, 3.8) is 0 Å². The molecule has 0 spiro atoms. The predicted molar refractivity (Wildman–Crippen MR) is 95.0 cm³/mol. The lowest BCUT2D eigenvalue weighted by Crippen LogP contribution is -2.34. The van der Waals surface area contributed by atoms with Gasteiger partial charge in [0.25, 0.3) is 0 Å². The summed E-state index contributed by atoms with van der Waals surface area (Å²) < 4.78 is 35.8. The normalized spacial score (nSPS) is 11.1. The fourth-order valence-electron chi connectivity index (χ4n) is 2.25. The van der Waals surface area contributed by atoms with E-state index in [1.165, 1.54) is 10.6 Å². The third-order valence-electron chi connectivity index (χ3n) is 3.42. The van der Waals surface area contributed by atoms with Crippen molar-refractivity contribution in [2.45, 2.75) is 19.9 Å². The molecule has 1 aromatic heterocycles. The molecule has 136 valence electrons. The Morgan fingerprint density at radius 1 is 1.24 bits per heavy atom. The summed E-state index contributed by atoms with van der Waals surface area (Å²) >= 11 is 0. The molecule has 1 heterocycles. The Morgan fingerprint density at radius 3 is 2.52 bits per heavy atom. The first kappa shape index (κ1) is 18.9. The van der Waals surface area contributed by atoms with Gasteiger partial charge in [0.15, 0.2) is 0 Å². The molecular weight excluding hydrogens is 344 g/mol. The number of carbonyl (C=O) groups excluding carboxylic acids is 1. The van der Waals surface area contributed by atoms with E-state index in [4.69, 9.17) is 9.15 Å². The first-order valence-electron chi connectivity index (χ1n) is 7.90. The lowest BCUT2D eigenvalue weighted by atomic mass is 10.3. The van der Waals surface area contributed by atoms with E-state index in [2.05, 4.69) is 5.32 Å². The number of amides is 1. The van der Waals surface area contributed by atoms with Crippen molar-refractivity contribution in [1.29, 1.82) is 0 Å². The molecule has 0 aliphatic carbocycles. The van der Waals surface area contributed by atoms with Gasteiger partial charge in [-0.2, -0.15) is 0 Å². The molecule has 0 aliphatic rings. The van der Waals surface area contributed by atoms with Crippen LogP contribution >= 0.6 is 0 Å². The Hall–Kier alpha value is -2.48. The molecule has 7 nitrogen and oxygen atoms in total. The van der Waals surface area contributed by atoms with E-state index in [-0.39, 0.29) is 25.4 Å². The zero-order chi connectivity index (χ0) is 18.3. The second-order valence-corrected chi connectivity index (χ2v) is 7.27. The van der Waals surface area contributed by atoms with Gasteiger partial charge in [0.05, 0.1) is 31.4 Å². The standard InChI is InChI=1S/C17H22N2O5S/c1-3-23-15-8-6-14(7-9-15)19(25(2,21)22)11-10-17(20)18-13-16-5-4-12-24-16/h4-9,12H,3,10-11,13H2,1-2H3,(H,18,20). The third kappa shape index (κ3) is 5.82. The molecule has 2 aromatic rings. The number of sulfonamides is 1. The second-order valence-electron chi connectivity index (χ2n) is 5.37. The van der Waals surface area contributed by atoms with Crippen LogP contribution in [-0.2, 0) is 21.4 Å². The van der Waals surface area contributed by atoms with Gasteiger partial charge in [0, 0.05) is 13.0 Å². The van der Waals surface area contributed by atoms with E-state index in [0.717, 1.165) is 6.26 Å². The Morgan fingerprint density at radius 2 is 1.96 bits per heavy atom. The Labute approximate surface area is 147 Å². The van der Waals surface area contributed by atoms with Gasteiger partial charge >= 0.3 is 0 Å². The number of hydrogen-bond acceptors (Lipinski definition) is 5. The van der Waals surface area contributed by atoms with Gasteiger partial charge in [-0.05, 0) is 43.3 Å². The van der Waals surface area contributed by atoms with Gasteiger partial charge < -0.3 is 14.5 Å². The fourth-order valence-corrected chi connectivity index (χ4v) is 3.18. The lowest BCUT2D eigenvalue weighted by Gasteiger charge is -2.22. The zero-order valence-electron chi connectivity index (χ0n) is 14.3. The number of rotatable bonds is 9. The molecule has 0 saturated carbocycles. The lowest BCUT2D eigenvalue weighted by molar-refractivity contribution is -0.121. The summed E-state index contributed by atoms with van der Waals surface area (Å²) in [5.74, 6) is 1.05. The van der Waals surface area contributed by atoms with Crippen LogP contribution in [0.1, 0.15) is 19.1 Å². The van der Waals surface area contributed by atoms with Crippen LogP contribution in [0.3, 0.4) is 0 Å². The average Bonchev–Trinajstić information content (AvgIpc) is 3.07. The van der Waals surface area contributed by atoms with Crippen LogP contribution < -0.4 is 14.4 Å². The Kier molecular flexibility index (Phi) is 6.46. The van der Waals surface area contributed by atoms with Crippen molar-refractivity contribution in [3.05, 3.63) is 48.4 Å². The highest BCUT2D eigenvalue weighted by atomic mass is 32.2. The van der Waals surface area contributed by atoms with Crippen molar-refractivity contribution >= 4 is 21.6 Å². The summed E-state index contributed by atoms with van der Waals surface area (Å²) in [6, 6.07) is 10.2. The topological polar surface area (TPSA) is 88.8 Å². The molecule has 0 bridgehead atoms. The highest BCUT2D eigenvalue weighted by Gasteiger charge is 2.18. The average molecular weight is 366 g/mol. The van der Waals surface area contributed by atoms with Crippen molar-refractivity contribution in [2.75, 3.05) is 23.7 Å². The monoisotopic (exact) mass is 366 g/mol. The summed E-state index contributed by atoms with van der Waals surface area (Å²) in [5.41, 5.74) is 0.491. The van der Waals surface area contributed by atoms with Gasteiger partial charge in [-0.3, -0.25) is 9.10 Å². The van der Waals surface area contributed by atoms with Gasteiger partial charge in [-0.15, -0.1) is 0 Å². The van der Waals surface area contributed by atoms with Crippen LogP contribution in [0.5, 0.6) is 5.75 Å². The van der Waals surface area contributed by atoms with E-state index in [9.17, 15) is 13.2 Å². The van der Waals surface area contributed by atoms with Crippen LogP contribution in [0.25, 0.3) is 0 Å². The maximum Gasteiger partial charge on any atom is 0.232 e. The quantitative estimate of drug-likeness (QED) is 0.734. The van der Waals surface area contributed by atoms with Crippen molar-refractivity contribution in [3.8, 4) is 5.75 Å². The molecule has 8 heteroatoms. The molecule has 0 radical (unpaired) electrons. The number of benzene rings is 1. The van der Waals surface area contributed by atoms with Crippen LogP contribution in [0.15, 0.2) is 47.1 Å². The summed E-state index contributed by atoms with van der Waals surface area (Å²) in [4.78, 5) is 11.9. The summed E-state index contributed by atoms with van der Waals surface area (Å²) in [5, 5.41) is 2.70. The Balaban J connectivity index is 1.97. The molecule has 2 rings (SSSR count). The maximum absolute atomic E-state index is 12.0. The van der Waals surface area contributed by atoms with Crippen LogP contribution in [0.4, 0.5) is 5.69 Å².